The van der Waals surface area contributed by atoms with Crippen molar-refractivity contribution in [2.75, 3.05) is 5.32 Å². The van der Waals surface area contributed by atoms with Crippen LogP contribution in [0.2, 0.25) is 0 Å². The van der Waals surface area contributed by atoms with Gasteiger partial charge in [0.15, 0.2) is 0 Å². The number of pyridine rings is 1. The van der Waals surface area contributed by atoms with Crippen molar-refractivity contribution in [3.8, 4) is 0 Å². The van der Waals surface area contributed by atoms with Gasteiger partial charge in [-0.15, -0.1) is 0 Å². The summed E-state index contributed by atoms with van der Waals surface area (Å²) in [5.74, 6) is -0.0659. The summed E-state index contributed by atoms with van der Waals surface area (Å²) in [7, 11) is 0. The molecule has 4 aromatic rings. The molecule has 24 heavy (non-hydrogen) atoms. The van der Waals surface area contributed by atoms with E-state index in [1.165, 1.54) is 0 Å². The number of benzene rings is 2. The lowest BCUT2D eigenvalue weighted by Crippen LogP contribution is -2.18. The van der Waals surface area contributed by atoms with Gasteiger partial charge >= 0.3 is 0 Å². The first kappa shape index (κ1) is 14.9. The molecule has 2 heterocycles. The number of carbonyl (C=O) groups excluding carboxylic acids is 1. The Kier molecular flexibility index (Phi) is 3.78. The van der Waals surface area contributed by atoms with Crippen LogP contribution >= 0.6 is 15.9 Å². The second-order valence-electron chi connectivity index (χ2n) is 5.54. The molecule has 0 unspecified atom stereocenters. The average Bonchev–Trinajstić information content (AvgIpc) is 2.99. The van der Waals surface area contributed by atoms with Crippen molar-refractivity contribution < 1.29 is 4.79 Å². The summed E-state index contributed by atoms with van der Waals surface area (Å²) in [5.41, 5.74) is 2.67. The number of carbonyl (C=O) groups is 1. The Morgan fingerprint density at radius 2 is 1.92 bits per heavy atom. The number of halogens is 1. The summed E-state index contributed by atoms with van der Waals surface area (Å²) in [5, 5.41) is 5.03. The summed E-state index contributed by atoms with van der Waals surface area (Å²) < 4.78 is 2.97. The van der Waals surface area contributed by atoms with Crippen LogP contribution in [0.15, 0.2) is 71.5 Å². The fraction of sp³-hybridized carbons (Fsp3) is 0.0526. The van der Waals surface area contributed by atoms with E-state index in [-0.39, 0.29) is 12.5 Å². The van der Waals surface area contributed by atoms with E-state index < -0.39 is 0 Å². The number of anilines is 1. The topological polar surface area (TPSA) is 46.9 Å². The molecule has 0 aliphatic heterocycles. The predicted molar refractivity (Wildman–Crippen MR) is 100 cm³/mol. The molecule has 1 N–H and O–H groups in total. The van der Waals surface area contributed by atoms with Crippen molar-refractivity contribution in [3.63, 3.8) is 0 Å². The van der Waals surface area contributed by atoms with Crippen molar-refractivity contribution >= 4 is 49.3 Å². The zero-order valence-corrected chi connectivity index (χ0v) is 14.3. The molecular formula is C19H14BrN3O. The molecule has 118 valence electrons. The molecule has 0 bridgehead atoms. The molecule has 0 fully saturated rings. The number of nitrogens with one attached hydrogen (secondary N) is 1. The van der Waals surface area contributed by atoms with Gasteiger partial charge in [-0.1, -0.05) is 28.1 Å². The fourth-order valence-electron chi connectivity index (χ4n) is 2.88. The molecule has 0 atom stereocenters. The largest absolute Gasteiger partial charge is 0.338 e. The van der Waals surface area contributed by atoms with Crippen LogP contribution in [0.1, 0.15) is 0 Å². The highest BCUT2D eigenvalue weighted by Gasteiger charge is 2.09. The lowest BCUT2D eigenvalue weighted by molar-refractivity contribution is -0.116. The Balaban J connectivity index is 1.61. The van der Waals surface area contributed by atoms with E-state index in [2.05, 4.69) is 26.2 Å². The van der Waals surface area contributed by atoms with Gasteiger partial charge in [0.1, 0.15) is 6.54 Å². The fourth-order valence-corrected chi connectivity index (χ4v) is 3.37. The van der Waals surface area contributed by atoms with Crippen LogP contribution in [0.4, 0.5) is 5.69 Å². The summed E-state index contributed by atoms with van der Waals surface area (Å²) in [6.07, 6.45) is 3.68. The van der Waals surface area contributed by atoms with E-state index in [4.69, 9.17) is 0 Å². The molecule has 0 saturated heterocycles. The molecular weight excluding hydrogens is 366 g/mol. The highest BCUT2D eigenvalue weighted by Crippen LogP contribution is 2.25. The maximum absolute atomic E-state index is 12.5. The van der Waals surface area contributed by atoms with Gasteiger partial charge in [-0.2, -0.15) is 0 Å². The molecule has 0 saturated carbocycles. The van der Waals surface area contributed by atoms with Gasteiger partial charge in [-0.3, -0.25) is 9.78 Å². The molecule has 4 rings (SSSR count). The highest BCUT2D eigenvalue weighted by molar-refractivity contribution is 9.10. The molecule has 4 nitrogen and oxygen atoms in total. The van der Waals surface area contributed by atoms with Crippen LogP contribution in [0.3, 0.4) is 0 Å². The molecule has 2 aromatic carbocycles. The van der Waals surface area contributed by atoms with Gasteiger partial charge in [-0.25, -0.2) is 0 Å². The minimum atomic E-state index is -0.0659. The minimum Gasteiger partial charge on any atom is -0.338 e. The summed E-state index contributed by atoms with van der Waals surface area (Å²) in [6, 6.07) is 17.5. The van der Waals surface area contributed by atoms with Crippen LogP contribution in [-0.2, 0) is 11.3 Å². The summed E-state index contributed by atoms with van der Waals surface area (Å²) in [6.45, 7) is 0.261. The van der Waals surface area contributed by atoms with Gasteiger partial charge in [0.2, 0.25) is 5.91 Å². The van der Waals surface area contributed by atoms with E-state index in [9.17, 15) is 4.79 Å². The molecule has 0 aliphatic carbocycles. The van der Waals surface area contributed by atoms with E-state index >= 15 is 0 Å². The number of fused-ring (bicyclic) bond motifs is 2. The minimum absolute atomic E-state index is 0.0659. The Morgan fingerprint density at radius 3 is 2.83 bits per heavy atom. The van der Waals surface area contributed by atoms with Crippen molar-refractivity contribution in [2.24, 2.45) is 0 Å². The molecule has 0 spiro atoms. The number of amides is 1. The molecule has 5 heteroatoms. The lowest BCUT2D eigenvalue weighted by Gasteiger charge is -2.10. The van der Waals surface area contributed by atoms with Crippen LogP contribution in [0.5, 0.6) is 0 Å². The van der Waals surface area contributed by atoms with Crippen LogP contribution in [0, 0.1) is 0 Å². The number of hydrogen-bond donors (Lipinski definition) is 1. The highest BCUT2D eigenvalue weighted by atomic mass is 79.9. The normalized spacial score (nSPS) is 11.0. The predicted octanol–water partition coefficient (Wildman–Crippen LogP) is 4.59. The number of nitrogens with zero attached hydrogens (tertiary/aromatic N) is 2. The van der Waals surface area contributed by atoms with Crippen molar-refractivity contribution in [1.29, 1.82) is 0 Å². The SMILES string of the molecule is O=C(Cn1ccc2c(Br)cccc21)Nc1cccc2ncccc12. The average molecular weight is 380 g/mol. The van der Waals surface area contributed by atoms with Gasteiger partial charge in [0.05, 0.1) is 11.2 Å². The first-order chi connectivity index (χ1) is 11.7. The van der Waals surface area contributed by atoms with E-state index in [0.717, 1.165) is 32.0 Å². The monoisotopic (exact) mass is 379 g/mol. The lowest BCUT2D eigenvalue weighted by atomic mass is 10.2. The number of hydrogen-bond acceptors (Lipinski definition) is 2. The zero-order chi connectivity index (χ0) is 16.5. The Morgan fingerprint density at radius 1 is 1.04 bits per heavy atom. The third-order valence-corrected chi connectivity index (χ3v) is 4.69. The Labute approximate surface area is 147 Å². The van der Waals surface area contributed by atoms with Crippen LogP contribution in [-0.4, -0.2) is 15.5 Å². The first-order valence-electron chi connectivity index (χ1n) is 7.59. The number of rotatable bonds is 3. The van der Waals surface area contributed by atoms with Gasteiger partial charge in [-0.05, 0) is 42.5 Å². The molecule has 2 aromatic heterocycles. The smallest absolute Gasteiger partial charge is 0.244 e. The second kappa shape index (κ2) is 6.09. The Hall–Kier alpha value is -2.66. The van der Waals surface area contributed by atoms with Crippen molar-refractivity contribution in [1.82, 2.24) is 9.55 Å². The third kappa shape index (κ3) is 2.67. The Bertz CT molecular complexity index is 1050. The van der Waals surface area contributed by atoms with Crippen molar-refractivity contribution in [3.05, 3.63) is 71.5 Å². The quantitative estimate of drug-likeness (QED) is 0.565. The van der Waals surface area contributed by atoms with Crippen molar-refractivity contribution in [2.45, 2.75) is 6.54 Å². The maximum Gasteiger partial charge on any atom is 0.244 e. The van der Waals surface area contributed by atoms with Crippen LogP contribution in [0.25, 0.3) is 21.8 Å². The number of aromatic nitrogens is 2. The van der Waals surface area contributed by atoms with Gasteiger partial charge in [0, 0.05) is 33.2 Å². The molecule has 0 radical (unpaired) electrons. The standard InChI is InChI=1S/C19H14BrN3O/c20-15-5-1-8-18-13(15)9-11-23(18)12-19(24)22-17-7-2-6-16-14(17)4-3-10-21-16/h1-11H,12H2,(H,22,24). The third-order valence-electron chi connectivity index (χ3n) is 3.99. The summed E-state index contributed by atoms with van der Waals surface area (Å²) in [4.78, 5) is 16.8. The summed E-state index contributed by atoms with van der Waals surface area (Å²) >= 11 is 3.54. The first-order valence-corrected chi connectivity index (χ1v) is 8.38. The zero-order valence-electron chi connectivity index (χ0n) is 12.7. The maximum atomic E-state index is 12.5. The van der Waals surface area contributed by atoms with E-state index in [0.29, 0.717) is 0 Å². The van der Waals surface area contributed by atoms with Gasteiger partial charge in [0.25, 0.3) is 0 Å². The second-order valence-corrected chi connectivity index (χ2v) is 6.39. The van der Waals surface area contributed by atoms with E-state index in [1.54, 1.807) is 6.20 Å². The van der Waals surface area contributed by atoms with Gasteiger partial charge < -0.3 is 9.88 Å². The van der Waals surface area contributed by atoms with Crippen LogP contribution < -0.4 is 5.32 Å². The molecule has 1 amide bonds. The molecule has 0 aliphatic rings. The van der Waals surface area contributed by atoms with E-state index in [1.807, 2.05) is 65.4 Å².